The lowest BCUT2D eigenvalue weighted by Gasteiger charge is -2.27. The second-order valence-electron chi connectivity index (χ2n) is 6.90. The fraction of sp³-hybridized carbons (Fsp3) is 0.526. The first-order valence-electron chi connectivity index (χ1n) is 8.92. The highest BCUT2D eigenvalue weighted by atomic mass is 19.4. The largest absolute Gasteiger partial charge is 0.416 e. The molecule has 1 aromatic rings. The lowest BCUT2D eigenvalue weighted by molar-refractivity contribution is -0.137. The maximum absolute atomic E-state index is 13.9. The third kappa shape index (κ3) is 4.44. The van der Waals surface area contributed by atoms with Crippen LogP contribution in [-0.2, 0) is 11.0 Å². The smallest absolute Gasteiger partial charge is 0.335 e. The summed E-state index contributed by atoms with van der Waals surface area (Å²) in [4.78, 5) is 16.6. The maximum Gasteiger partial charge on any atom is 0.416 e. The molecule has 2 heterocycles. The Bertz CT molecular complexity index is 681. The van der Waals surface area contributed by atoms with Gasteiger partial charge < -0.3 is 9.80 Å². The third-order valence-electron chi connectivity index (χ3n) is 5.06. The van der Waals surface area contributed by atoms with Gasteiger partial charge in [0.25, 0.3) is 0 Å². The normalized spacial score (nSPS) is 21.8. The average molecular weight is 370 g/mol. The number of alkyl halides is 3. The van der Waals surface area contributed by atoms with Crippen LogP contribution in [0.4, 0.5) is 17.6 Å². The van der Waals surface area contributed by atoms with Gasteiger partial charge in [0.15, 0.2) is 0 Å². The second kappa shape index (κ2) is 7.78. The first-order chi connectivity index (χ1) is 12.3. The van der Waals surface area contributed by atoms with Gasteiger partial charge in [-0.3, -0.25) is 4.79 Å². The zero-order chi connectivity index (χ0) is 18.7. The Balaban J connectivity index is 1.65. The van der Waals surface area contributed by atoms with Gasteiger partial charge in [-0.15, -0.1) is 0 Å². The maximum atomic E-state index is 13.9. The highest BCUT2D eigenvalue weighted by molar-refractivity contribution is 5.92. The highest BCUT2D eigenvalue weighted by Crippen LogP contribution is 2.30. The monoisotopic (exact) mass is 370 g/mol. The molecule has 0 aliphatic carbocycles. The third-order valence-corrected chi connectivity index (χ3v) is 5.06. The number of hydrogen-bond donors (Lipinski definition) is 0. The summed E-state index contributed by atoms with van der Waals surface area (Å²) in [6.45, 7) is 3.64. The molecule has 7 heteroatoms. The lowest BCUT2D eigenvalue weighted by Crippen LogP contribution is -2.41. The molecule has 1 unspecified atom stereocenters. The van der Waals surface area contributed by atoms with Gasteiger partial charge in [-0.1, -0.05) is 6.07 Å². The molecule has 0 spiro atoms. The van der Waals surface area contributed by atoms with Crippen molar-refractivity contribution in [2.45, 2.75) is 37.9 Å². The standard InChI is InChI=1S/C19H22F4N2O/c20-17-12-15(19(21,22)23)7-5-14(17)6-8-18(26)25-11-3-4-16(25)13-24-9-1-2-10-24/h5-8,12,16H,1-4,9-11,13H2. The van der Waals surface area contributed by atoms with Crippen LogP contribution < -0.4 is 0 Å². The Morgan fingerprint density at radius 3 is 2.54 bits per heavy atom. The Labute approximate surface area is 150 Å². The van der Waals surface area contributed by atoms with E-state index < -0.39 is 17.6 Å². The molecule has 2 aliphatic rings. The van der Waals surface area contributed by atoms with Crippen LogP contribution in [0.15, 0.2) is 24.3 Å². The molecule has 26 heavy (non-hydrogen) atoms. The predicted octanol–water partition coefficient (Wildman–Crippen LogP) is 3.94. The molecule has 2 fully saturated rings. The van der Waals surface area contributed by atoms with E-state index in [1.165, 1.54) is 25.0 Å². The van der Waals surface area contributed by atoms with E-state index in [4.69, 9.17) is 0 Å². The Morgan fingerprint density at radius 2 is 1.88 bits per heavy atom. The molecule has 0 aromatic heterocycles. The van der Waals surface area contributed by atoms with E-state index >= 15 is 0 Å². The van der Waals surface area contributed by atoms with E-state index in [-0.39, 0.29) is 17.5 Å². The molecule has 3 rings (SSSR count). The van der Waals surface area contributed by atoms with Gasteiger partial charge in [-0.05, 0) is 57.0 Å². The zero-order valence-corrected chi connectivity index (χ0v) is 14.4. The topological polar surface area (TPSA) is 23.6 Å². The molecule has 0 N–H and O–H groups in total. The number of benzene rings is 1. The molecule has 1 atom stereocenters. The van der Waals surface area contributed by atoms with Crippen LogP contribution in [0.5, 0.6) is 0 Å². The lowest BCUT2D eigenvalue weighted by atomic mass is 10.1. The summed E-state index contributed by atoms with van der Waals surface area (Å²) in [5.41, 5.74) is -1.06. The Morgan fingerprint density at radius 1 is 1.15 bits per heavy atom. The Kier molecular flexibility index (Phi) is 5.65. The van der Waals surface area contributed by atoms with Gasteiger partial charge in [-0.2, -0.15) is 13.2 Å². The summed E-state index contributed by atoms with van der Waals surface area (Å²) in [7, 11) is 0. The number of halogens is 4. The molecule has 0 radical (unpaired) electrons. The van der Waals surface area contributed by atoms with Gasteiger partial charge in [0.1, 0.15) is 5.82 Å². The molecule has 1 aromatic carbocycles. The second-order valence-corrected chi connectivity index (χ2v) is 6.90. The van der Waals surface area contributed by atoms with Gasteiger partial charge in [0.2, 0.25) is 5.91 Å². The van der Waals surface area contributed by atoms with E-state index in [0.717, 1.165) is 44.6 Å². The summed E-state index contributed by atoms with van der Waals surface area (Å²) in [6, 6.07) is 2.48. The minimum atomic E-state index is -4.59. The highest BCUT2D eigenvalue weighted by Gasteiger charge is 2.31. The molecule has 0 bridgehead atoms. The minimum absolute atomic E-state index is 0.0263. The minimum Gasteiger partial charge on any atom is -0.335 e. The van der Waals surface area contributed by atoms with E-state index in [1.54, 1.807) is 4.90 Å². The molecular weight excluding hydrogens is 348 g/mol. The van der Waals surface area contributed by atoms with Crippen molar-refractivity contribution in [2.75, 3.05) is 26.2 Å². The van der Waals surface area contributed by atoms with Gasteiger partial charge >= 0.3 is 6.18 Å². The van der Waals surface area contributed by atoms with Crippen molar-refractivity contribution in [2.24, 2.45) is 0 Å². The molecule has 0 saturated carbocycles. The fourth-order valence-electron chi connectivity index (χ4n) is 3.67. The molecule has 3 nitrogen and oxygen atoms in total. The van der Waals surface area contributed by atoms with Crippen LogP contribution >= 0.6 is 0 Å². The van der Waals surface area contributed by atoms with Crippen molar-refractivity contribution in [3.05, 3.63) is 41.2 Å². The van der Waals surface area contributed by atoms with E-state index in [1.807, 2.05) is 0 Å². The average Bonchev–Trinajstić information content (AvgIpc) is 3.25. The number of carbonyl (C=O) groups excluding carboxylic acids is 1. The molecule has 2 saturated heterocycles. The summed E-state index contributed by atoms with van der Waals surface area (Å²) >= 11 is 0. The van der Waals surface area contributed by atoms with Crippen molar-refractivity contribution >= 4 is 12.0 Å². The molecule has 142 valence electrons. The van der Waals surface area contributed by atoms with Crippen LogP contribution in [0, 0.1) is 5.82 Å². The summed E-state index contributed by atoms with van der Waals surface area (Å²) in [5, 5.41) is 0. The summed E-state index contributed by atoms with van der Waals surface area (Å²) < 4.78 is 51.6. The van der Waals surface area contributed by atoms with Crippen molar-refractivity contribution in [3.63, 3.8) is 0 Å². The summed E-state index contributed by atoms with van der Waals surface area (Å²) in [5.74, 6) is -1.20. The number of rotatable bonds is 4. The molecule has 1 amide bonds. The van der Waals surface area contributed by atoms with E-state index in [9.17, 15) is 22.4 Å². The van der Waals surface area contributed by atoms with Crippen molar-refractivity contribution < 1.29 is 22.4 Å². The number of hydrogen-bond acceptors (Lipinski definition) is 2. The SMILES string of the molecule is O=C(C=Cc1ccc(C(F)(F)F)cc1F)N1CCCC1CN1CCCC1. The molecule has 2 aliphatic heterocycles. The van der Waals surface area contributed by atoms with Crippen LogP contribution in [0.3, 0.4) is 0 Å². The zero-order valence-electron chi connectivity index (χ0n) is 14.4. The van der Waals surface area contributed by atoms with Crippen LogP contribution in [0.1, 0.15) is 36.8 Å². The van der Waals surface area contributed by atoms with Crippen LogP contribution in [0.25, 0.3) is 6.08 Å². The van der Waals surface area contributed by atoms with Crippen molar-refractivity contribution in [1.29, 1.82) is 0 Å². The van der Waals surface area contributed by atoms with Crippen molar-refractivity contribution in [1.82, 2.24) is 9.80 Å². The van der Waals surface area contributed by atoms with E-state index in [0.29, 0.717) is 12.6 Å². The van der Waals surface area contributed by atoms with E-state index in [2.05, 4.69) is 4.90 Å². The number of carbonyl (C=O) groups is 1. The van der Waals surface area contributed by atoms with Gasteiger partial charge in [0, 0.05) is 30.8 Å². The first-order valence-corrected chi connectivity index (χ1v) is 8.92. The quantitative estimate of drug-likeness (QED) is 0.592. The van der Waals surface area contributed by atoms with Gasteiger partial charge in [-0.25, -0.2) is 4.39 Å². The van der Waals surface area contributed by atoms with Crippen LogP contribution in [-0.4, -0.2) is 47.9 Å². The first kappa shape index (κ1) is 18.9. The number of nitrogens with zero attached hydrogens (tertiary/aromatic N) is 2. The van der Waals surface area contributed by atoms with Crippen LogP contribution in [0.2, 0.25) is 0 Å². The number of likely N-dealkylation sites (tertiary alicyclic amines) is 2. The predicted molar refractivity (Wildman–Crippen MR) is 90.8 cm³/mol. The number of amides is 1. The fourth-order valence-corrected chi connectivity index (χ4v) is 3.67. The van der Waals surface area contributed by atoms with Crippen molar-refractivity contribution in [3.8, 4) is 0 Å². The Hall–Kier alpha value is -1.89. The molecular formula is C19H22F4N2O. The van der Waals surface area contributed by atoms with Gasteiger partial charge in [0.05, 0.1) is 5.56 Å². The summed E-state index contributed by atoms with van der Waals surface area (Å²) in [6.07, 6.45) is 2.19.